The number of carbonyl (C=O) groups excluding carboxylic acids is 1. The minimum absolute atomic E-state index is 0.178. The van der Waals surface area contributed by atoms with E-state index in [4.69, 9.17) is 5.26 Å². The summed E-state index contributed by atoms with van der Waals surface area (Å²) < 4.78 is 0. The smallest absolute Gasteiger partial charge is 0.161 e. The van der Waals surface area contributed by atoms with E-state index >= 15 is 0 Å². The van der Waals surface area contributed by atoms with Crippen molar-refractivity contribution in [2.24, 2.45) is 0 Å². The molecule has 0 bridgehead atoms. The maximum absolute atomic E-state index is 11.4. The first-order chi connectivity index (χ1) is 7.55. The van der Waals surface area contributed by atoms with E-state index in [0.29, 0.717) is 24.8 Å². The molecular formula is C13H13NO2. The van der Waals surface area contributed by atoms with Gasteiger partial charge in [0.1, 0.15) is 5.60 Å². The number of fused-ring (bicyclic) bond motifs is 1. The van der Waals surface area contributed by atoms with Crippen LogP contribution in [0.2, 0.25) is 0 Å². The lowest BCUT2D eigenvalue weighted by atomic mass is 9.78. The van der Waals surface area contributed by atoms with E-state index in [1.54, 1.807) is 6.07 Å². The molecule has 1 N–H and O–H groups in total. The lowest BCUT2D eigenvalue weighted by Crippen LogP contribution is -2.42. The molecule has 0 aliphatic heterocycles. The van der Waals surface area contributed by atoms with E-state index in [1.165, 1.54) is 6.92 Å². The summed E-state index contributed by atoms with van der Waals surface area (Å²) in [6.45, 7) is 1.43. The number of aryl methyl sites for hydroxylation is 1. The predicted octanol–water partition coefficient (Wildman–Crippen LogP) is 1.37. The number of aliphatic hydroxyl groups is 1. The largest absolute Gasteiger partial charge is 0.382 e. The van der Waals surface area contributed by atoms with Crippen molar-refractivity contribution >= 4 is 5.78 Å². The summed E-state index contributed by atoms with van der Waals surface area (Å²) in [7, 11) is 0. The van der Waals surface area contributed by atoms with Gasteiger partial charge in [0.2, 0.25) is 0 Å². The molecule has 0 amide bonds. The Balaban J connectivity index is 2.36. The zero-order chi connectivity index (χ0) is 11.8. The zero-order valence-corrected chi connectivity index (χ0v) is 9.16. The molecule has 3 heteroatoms. The summed E-state index contributed by atoms with van der Waals surface area (Å²) in [5.41, 5.74) is 1.47. The number of nitriles is 1. The first-order valence-electron chi connectivity index (χ1n) is 5.30. The topological polar surface area (TPSA) is 61.1 Å². The van der Waals surface area contributed by atoms with Crippen molar-refractivity contribution in [1.82, 2.24) is 0 Å². The number of Topliss-reactive ketones (excluding diaryl/α,β-unsaturated/α-hetero) is 1. The second-order valence-electron chi connectivity index (χ2n) is 4.36. The fourth-order valence-electron chi connectivity index (χ4n) is 2.15. The fraction of sp³-hybridized carbons (Fsp3) is 0.385. The molecule has 1 aliphatic rings. The first kappa shape index (κ1) is 10.8. The zero-order valence-electron chi connectivity index (χ0n) is 9.16. The van der Waals surface area contributed by atoms with Gasteiger partial charge in [-0.2, -0.15) is 5.26 Å². The van der Waals surface area contributed by atoms with Crippen molar-refractivity contribution in [2.45, 2.75) is 31.8 Å². The summed E-state index contributed by atoms with van der Waals surface area (Å²) in [6, 6.07) is 7.49. The number of carbonyl (C=O) groups is 1. The van der Waals surface area contributed by atoms with Crippen LogP contribution in [0.1, 0.15) is 30.0 Å². The third-order valence-electron chi connectivity index (χ3n) is 3.28. The van der Waals surface area contributed by atoms with E-state index in [-0.39, 0.29) is 5.78 Å². The van der Waals surface area contributed by atoms with Gasteiger partial charge in [-0.1, -0.05) is 6.07 Å². The molecule has 0 fully saturated rings. The Hall–Kier alpha value is -1.66. The Morgan fingerprint density at radius 1 is 1.50 bits per heavy atom. The lowest BCUT2D eigenvalue weighted by Gasteiger charge is -2.31. The Labute approximate surface area is 94.3 Å². The van der Waals surface area contributed by atoms with Gasteiger partial charge in [-0.05, 0) is 43.0 Å². The minimum atomic E-state index is -1.21. The normalized spacial score (nSPS) is 23.3. The molecule has 3 nitrogen and oxygen atoms in total. The van der Waals surface area contributed by atoms with E-state index in [0.717, 1.165) is 11.1 Å². The molecule has 0 spiro atoms. The Morgan fingerprint density at radius 2 is 2.25 bits per heavy atom. The van der Waals surface area contributed by atoms with Gasteiger partial charge in [-0.3, -0.25) is 4.79 Å². The molecule has 0 aromatic heterocycles. The van der Waals surface area contributed by atoms with Crippen molar-refractivity contribution < 1.29 is 9.90 Å². The highest BCUT2D eigenvalue weighted by Crippen LogP contribution is 2.29. The second kappa shape index (κ2) is 3.73. The maximum atomic E-state index is 11.4. The molecular weight excluding hydrogens is 202 g/mol. The fourth-order valence-corrected chi connectivity index (χ4v) is 2.15. The maximum Gasteiger partial charge on any atom is 0.161 e. The highest BCUT2D eigenvalue weighted by molar-refractivity contribution is 5.85. The highest BCUT2D eigenvalue weighted by atomic mass is 16.3. The minimum Gasteiger partial charge on any atom is -0.382 e. The van der Waals surface area contributed by atoms with Crippen LogP contribution in [0.5, 0.6) is 0 Å². The Kier molecular flexibility index (Phi) is 2.53. The first-order valence-corrected chi connectivity index (χ1v) is 5.30. The van der Waals surface area contributed by atoms with Gasteiger partial charge in [0.25, 0.3) is 0 Å². The average molecular weight is 215 g/mol. The quantitative estimate of drug-likeness (QED) is 0.769. The molecule has 1 unspecified atom stereocenters. The van der Waals surface area contributed by atoms with E-state index < -0.39 is 5.60 Å². The van der Waals surface area contributed by atoms with E-state index in [9.17, 15) is 9.90 Å². The molecule has 0 radical (unpaired) electrons. The van der Waals surface area contributed by atoms with Crippen LogP contribution < -0.4 is 0 Å². The van der Waals surface area contributed by atoms with Gasteiger partial charge in [0, 0.05) is 6.42 Å². The Bertz CT molecular complexity index is 487. The van der Waals surface area contributed by atoms with Gasteiger partial charge in [-0.25, -0.2) is 0 Å². The number of hydrogen-bond acceptors (Lipinski definition) is 3. The number of nitrogens with zero attached hydrogens (tertiary/aromatic N) is 1. The summed E-state index contributed by atoms with van der Waals surface area (Å²) in [5.74, 6) is -0.178. The van der Waals surface area contributed by atoms with Crippen LogP contribution in [0, 0.1) is 11.3 Å². The van der Waals surface area contributed by atoms with Crippen molar-refractivity contribution in [3.63, 3.8) is 0 Å². The van der Waals surface area contributed by atoms with Crippen LogP contribution in [0.15, 0.2) is 18.2 Å². The van der Waals surface area contributed by atoms with Crippen LogP contribution in [0.25, 0.3) is 0 Å². The van der Waals surface area contributed by atoms with Gasteiger partial charge >= 0.3 is 0 Å². The molecule has 1 aromatic rings. The van der Waals surface area contributed by atoms with Crippen molar-refractivity contribution in [3.8, 4) is 6.07 Å². The number of ketones is 1. The SMILES string of the molecule is CC(=O)C1(O)CCc2cc(C#N)ccc2C1. The molecule has 0 heterocycles. The van der Waals surface area contributed by atoms with Crippen LogP contribution in [-0.2, 0) is 17.6 Å². The molecule has 82 valence electrons. The number of benzene rings is 1. The number of rotatable bonds is 1. The monoisotopic (exact) mass is 215 g/mol. The van der Waals surface area contributed by atoms with Crippen molar-refractivity contribution in [2.75, 3.05) is 0 Å². The third-order valence-corrected chi connectivity index (χ3v) is 3.28. The standard InChI is InChI=1S/C13H13NO2/c1-9(15)13(16)5-4-11-6-10(8-14)2-3-12(11)7-13/h2-3,6,16H,4-5,7H2,1H3. The summed E-state index contributed by atoms with van der Waals surface area (Å²) in [4.78, 5) is 11.4. The highest BCUT2D eigenvalue weighted by Gasteiger charge is 2.36. The summed E-state index contributed by atoms with van der Waals surface area (Å²) in [6.07, 6.45) is 1.47. The molecule has 0 saturated heterocycles. The van der Waals surface area contributed by atoms with Gasteiger partial charge in [0.15, 0.2) is 5.78 Å². The van der Waals surface area contributed by atoms with E-state index in [1.807, 2.05) is 12.1 Å². The molecule has 1 aliphatic carbocycles. The van der Waals surface area contributed by atoms with Gasteiger partial charge in [-0.15, -0.1) is 0 Å². The van der Waals surface area contributed by atoms with Crippen LogP contribution in [0.3, 0.4) is 0 Å². The predicted molar refractivity (Wildman–Crippen MR) is 58.8 cm³/mol. The average Bonchev–Trinajstić information content (AvgIpc) is 2.28. The van der Waals surface area contributed by atoms with E-state index in [2.05, 4.69) is 6.07 Å². The van der Waals surface area contributed by atoms with Crippen LogP contribution in [-0.4, -0.2) is 16.5 Å². The molecule has 0 saturated carbocycles. The van der Waals surface area contributed by atoms with Crippen LogP contribution >= 0.6 is 0 Å². The number of hydrogen-bond donors (Lipinski definition) is 1. The van der Waals surface area contributed by atoms with Crippen LogP contribution in [0.4, 0.5) is 0 Å². The summed E-state index contributed by atoms with van der Waals surface area (Å²) in [5, 5.41) is 18.9. The second-order valence-corrected chi connectivity index (χ2v) is 4.36. The van der Waals surface area contributed by atoms with Crippen molar-refractivity contribution in [1.29, 1.82) is 5.26 Å². The molecule has 1 aromatic carbocycles. The molecule has 2 rings (SSSR count). The van der Waals surface area contributed by atoms with Gasteiger partial charge < -0.3 is 5.11 Å². The lowest BCUT2D eigenvalue weighted by molar-refractivity contribution is -0.136. The summed E-state index contributed by atoms with van der Waals surface area (Å²) >= 11 is 0. The Morgan fingerprint density at radius 3 is 2.88 bits per heavy atom. The molecule has 16 heavy (non-hydrogen) atoms. The van der Waals surface area contributed by atoms with Crippen molar-refractivity contribution in [3.05, 3.63) is 34.9 Å². The van der Waals surface area contributed by atoms with Gasteiger partial charge in [0.05, 0.1) is 11.6 Å². The molecule has 1 atom stereocenters. The third kappa shape index (κ3) is 1.72.